The Labute approximate surface area is 65.3 Å². The molecule has 0 bridgehead atoms. The smallest absolute Gasteiger partial charge is 0.0219 e. The van der Waals surface area contributed by atoms with Crippen LogP contribution in [0.25, 0.3) is 0 Å². The predicted molar refractivity (Wildman–Crippen MR) is 44.8 cm³/mol. The Morgan fingerprint density at radius 3 is 3.00 bits per heavy atom. The molecule has 0 aliphatic heterocycles. The van der Waals surface area contributed by atoms with Gasteiger partial charge in [-0.2, -0.15) is 0 Å². The molecular weight excluding hydrogens is 152 g/mol. The first-order valence-electron chi connectivity index (χ1n) is 2.71. The number of halogens is 1. The van der Waals surface area contributed by atoms with E-state index in [-0.39, 0.29) is 0 Å². The third-order valence-corrected chi connectivity index (χ3v) is 1.61. The van der Waals surface area contributed by atoms with E-state index in [9.17, 15) is 0 Å². The van der Waals surface area contributed by atoms with Crippen molar-refractivity contribution in [1.82, 2.24) is 0 Å². The normalized spacial score (nSPS) is 18.4. The Balaban J connectivity index is 2.80. The summed E-state index contributed by atoms with van der Waals surface area (Å²) >= 11 is 9.86. The molecule has 0 radical (unpaired) electrons. The molecule has 1 aliphatic rings. The van der Waals surface area contributed by atoms with E-state index < -0.39 is 0 Å². The molecule has 0 nitrogen and oxygen atoms in total. The number of allylic oxidation sites excluding steroid dienone is 5. The van der Waals surface area contributed by atoms with Crippen LogP contribution in [-0.4, -0.2) is 0 Å². The Hall–Kier alpha value is -0.140. The molecule has 0 aromatic carbocycles. The van der Waals surface area contributed by atoms with Crippen LogP contribution in [0, 0.1) is 0 Å². The summed E-state index contributed by atoms with van der Waals surface area (Å²) in [5.74, 6) is 0. The molecule has 0 saturated carbocycles. The molecule has 1 rings (SSSR count). The van der Waals surface area contributed by atoms with Crippen LogP contribution >= 0.6 is 24.2 Å². The number of rotatable bonds is 0. The second-order valence-corrected chi connectivity index (χ2v) is 2.81. The van der Waals surface area contributed by atoms with Gasteiger partial charge in [0.15, 0.2) is 0 Å². The fraction of sp³-hybridized carbons (Fsp3) is 0.143. The second-order valence-electron chi connectivity index (χ2n) is 1.81. The number of hydrogen-bond acceptors (Lipinski definition) is 1. The molecule has 0 saturated heterocycles. The van der Waals surface area contributed by atoms with Gasteiger partial charge in [-0.3, -0.25) is 0 Å². The average molecular weight is 159 g/mol. The minimum atomic E-state index is 0.822. The minimum absolute atomic E-state index is 0.822. The van der Waals surface area contributed by atoms with Gasteiger partial charge in [0.1, 0.15) is 0 Å². The van der Waals surface area contributed by atoms with Gasteiger partial charge in [0.05, 0.1) is 0 Å². The van der Waals surface area contributed by atoms with Gasteiger partial charge in [-0.25, -0.2) is 0 Å². The molecule has 0 unspecified atom stereocenters. The predicted octanol–water partition coefficient (Wildman–Crippen LogP) is 2.88. The third-order valence-electron chi connectivity index (χ3n) is 1.04. The maximum absolute atomic E-state index is 5.72. The second kappa shape index (κ2) is 3.14. The first-order chi connectivity index (χ1) is 4.29. The molecule has 2 heteroatoms. The summed E-state index contributed by atoms with van der Waals surface area (Å²) in [5, 5.41) is 0.857. The summed E-state index contributed by atoms with van der Waals surface area (Å²) in [7, 11) is 0. The largest absolute Gasteiger partial charge is 0.143 e. The topological polar surface area (TPSA) is 0 Å². The molecule has 0 fully saturated rings. The van der Waals surface area contributed by atoms with Gasteiger partial charge < -0.3 is 0 Å². The van der Waals surface area contributed by atoms with E-state index >= 15 is 0 Å². The van der Waals surface area contributed by atoms with Gasteiger partial charge in [0.2, 0.25) is 0 Å². The van der Waals surface area contributed by atoms with Gasteiger partial charge in [-0.05, 0) is 12.2 Å². The van der Waals surface area contributed by atoms with Gasteiger partial charge >= 0.3 is 0 Å². The van der Waals surface area contributed by atoms with Crippen LogP contribution < -0.4 is 0 Å². The zero-order chi connectivity index (χ0) is 6.69. The van der Waals surface area contributed by atoms with Crippen LogP contribution in [0.4, 0.5) is 0 Å². The Bertz CT molecular complexity index is 189. The molecule has 0 aromatic rings. The zero-order valence-corrected chi connectivity index (χ0v) is 6.49. The lowest BCUT2D eigenvalue weighted by atomic mass is 10.4. The van der Waals surface area contributed by atoms with Crippen molar-refractivity contribution in [3.05, 3.63) is 34.2 Å². The van der Waals surface area contributed by atoms with Gasteiger partial charge in [-0.15, -0.1) is 12.6 Å². The van der Waals surface area contributed by atoms with E-state index in [0.29, 0.717) is 0 Å². The van der Waals surface area contributed by atoms with Crippen LogP contribution in [0.1, 0.15) is 6.42 Å². The number of hydrogen-bond donors (Lipinski definition) is 1. The van der Waals surface area contributed by atoms with Crippen molar-refractivity contribution < 1.29 is 0 Å². The van der Waals surface area contributed by atoms with Crippen molar-refractivity contribution >= 4 is 24.2 Å². The van der Waals surface area contributed by atoms with Gasteiger partial charge in [0, 0.05) is 16.4 Å². The van der Waals surface area contributed by atoms with E-state index in [2.05, 4.69) is 12.6 Å². The van der Waals surface area contributed by atoms with E-state index in [1.807, 2.05) is 24.3 Å². The highest BCUT2D eigenvalue weighted by Gasteiger charge is 1.90. The first kappa shape index (κ1) is 6.97. The Morgan fingerprint density at radius 1 is 1.44 bits per heavy atom. The van der Waals surface area contributed by atoms with E-state index in [1.54, 1.807) is 0 Å². The first-order valence-corrected chi connectivity index (χ1v) is 3.53. The minimum Gasteiger partial charge on any atom is -0.143 e. The lowest BCUT2D eigenvalue weighted by Gasteiger charge is -1.83. The van der Waals surface area contributed by atoms with Crippen LogP contribution in [0.2, 0.25) is 0 Å². The van der Waals surface area contributed by atoms with E-state index in [0.717, 1.165) is 16.4 Å². The quantitative estimate of drug-likeness (QED) is 0.515. The lowest BCUT2D eigenvalue weighted by Crippen LogP contribution is -1.61. The standard InChI is InChI=1S/C7H7ClS/c8-6-2-1-3-7(9)5-4-6/h1,3-5,9H,2H2. The maximum atomic E-state index is 5.72. The molecule has 0 N–H and O–H groups in total. The van der Waals surface area contributed by atoms with Crippen LogP contribution in [0.5, 0.6) is 0 Å². The lowest BCUT2D eigenvalue weighted by molar-refractivity contribution is 1.36. The fourth-order valence-electron chi connectivity index (χ4n) is 0.592. The summed E-state index contributed by atoms with van der Waals surface area (Å²) in [6, 6.07) is 0. The maximum Gasteiger partial charge on any atom is 0.0219 e. The molecule has 0 atom stereocenters. The highest BCUT2D eigenvalue weighted by molar-refractivity contribution is 7.84. The highest BCUT2D eigenvalue weighted by atomic mass is 35.5. The molecule has 9 heavy (non-hydrogen) atoms. The molecular formula is C7H7ClS. The molecule has 0 spiro atoms. The monoisotopic (exact) mass is 158 g/mol. The number of thiol groups is 1. The van der Waals surface area contributed by atoms with Crippen molar-refractivity contribution in [1.29, 1.82) is 0 Å². The summed E-state index contributed by atoms with van der Waals surface area (Å²) in [6.45, 7) is 0. The van der Waals surface area contributed by atoms with E-state index in [1.165, 1.54) is 0 Å². The van der Waals surface area contributed by atoms with Crippen LogP contribution in [0.3, 0.4) is 0 Å². The SMILES string of the molecule is SC1=CC=C(Cl)CC=C1. The summed E-state index contributed by atoms with van der Waals surface area (Å²) in [5.41, 5.74) is 0. The molecule has 0 heterocycles. The van der Waals surface area contributed by atoms with Crippen LogP contribution in [-0.2, 0) is 0 Å². The molecule has 1 aliphatic carbocycles. The zero-order valence-electron chi connectivity index (χ0n) is 4.84. The van der Waals surface area contributed by atoms with Crippen molar-refractivity contribution in [2.24, 2.45) is 0 Å². The van der Waals surface area contributed by atoms with Crippen molar-refractivity contribution in [2.45, 2.75) is 6.42 Å². The average Bonchev–Trinajstić information content (AvgIpc) is 1.97. The third kappa shape index (κ3) is 2.29. The van der Waals surface area contributed by atoms with Crippen molar-refractivity contribution in [3.8, 4) is 0 Å². The summed E-state index contributed by atoms with van der Waals surface area (Å²) in [6.07, 6.45) is 8.50. The molecule has 0 aromatic heterocycles. The fourth-order valence-corrected chi connectivity index (χ4v) is 0.924. The summed E-state index contributed by atoms with van der Waals surface area (Å²) < 4.78 is 0. The van der Waals surface area contributed by atoms with E-state index in [4.69, 9.17) is 11.6 Å². The Kier molecular flexibility index (Phi) is 2.43. The molecule has 48 valence electrons. The van der Waals surface area contributed by atoms with Crippen molar-refractivity contribution in [2.75, 3.05) is 0 Å². The van der Waals surface area contributed by atoms with Gasteiger partial charge in [0.25, 0.3) is 0 Å². The highest BCUT2D eigenvalue weighted by Crippen LogP contribution is 2.15. The van der Waals surface area contributed by atoms with Crippen LogP contribution in [0.15, 0.2) is 34.2 Å². The summed E-state index contributed by atoms with van der Waals surface area (Å²) in [4.78, 5) is 0.950. The van der Waals surface area contributed by atoms with Crippen molar-refractivity contribution in [3.63, 3.8) is 0 Å². The Morgan fingerprint density at radius 2 is 2.22 bits per heavy atom. The van der Waals surface area contributed by atoms with Gasteiger partial charge in [-0.1, -0.05) is 23.8 Å². The molecule has 0 amide bonds.